The highest BCUT2D eigenvalue weighted by Gasteiger charge is 2.04. The van der Waals surface area contributed by atoms with Crippen LogP contribution < -0.4 is 0 Å². The van der Waals surface area contributed by atoms with Crippen molar-refractivity contribution in [2.75, 3.05) is 0 Å². The number of hydrogen-bond donors (Lipinski definition) is 1. The summed E-state index contributed by atoms with van der Waals surface area (Å²) in [6, 6.07) is 9.70. The predicted molar refractivity (Wildman–Crippen MR) is 66.6 cm³/mol. The van der Waals surface area contributed by atoms with Crippen LogP contribution in [0.5, 0.6) is 5.75 Å². The number of nitrogens with zero attached hydrogens (tertiary/aromatic N) is 1. The summed E-state index contributed by atoms with van der Waals surface area (Å²) in [4.78, 5) is 4.50. The lowest BCUT2D eigenvalue weighted by atomic mass is 10.1. The second-order valence-corrected chi connectivity index (χ2v) is 4.10. The highest BCUT2D eigenvalue weighted by atomic mass is 16.3. The molecule has 1 heterocycles. The van der Waals surface area contributed by atoms with Gasteiger partial charge in [0, 0.05) is 5.39 Å². The van der Waals surface area contributed by atoms with E-state index in [1.807, 2.05) is 30.3 Å². The van der Waals surface area contributed by atoms with Gasteiger partial charge in [0.25, 0.3) is 0 Å². The van der Waals surface area contributed by atoms with E-state index in [1.165, 1.54) is 12.8 Å². The van der Waals surface area contributed by atoms with E-state index in [2.05, 4.69) is 11.9 Å². The van der Waals surface area contributed by atoms with Crippen LogP contribution in [0.1, 0.15) is 31.9 Å². The molecule has 0 aliphatic heterocycles. The minimum Gasteiger partial charge on any atom is -0.506 e. The zero-order valence-electron chi connectivity index (χ0n) is 9.61. The van der Waals surface area contributed by atoms with E-state index in [-0.39, 0.29) is 0 Å². The molecule has 0 atom stereocenters. The lowest BCUT2D eigenvalue weighted by Gasteiger charge is -2.05. The summed E-state index contributed by atoms with van der Waals surface area (Å²) in [5.41, 5.74) is 1.79. The van der Waals surface area contributed by atoms with E-state index in [4.69, 9.17) is 0 Å². The molecule has 84 valence electrons. The molecular formula is C14H17NO. The molecule has 2 heteroatoms. The molecule has 0 amide bonds. The first-order valence-corrected chi connectivity index (χ1v) is 5.89. The fourth-order valence-electron chi connectivity index (χ4n) is 1.87. The standard InChI is InChI=1S/C14H17NO/c1-2-3-4-9-13-14(16)10-11-7-5-6-8-12(11)15-13/h5-8,10,16H,2-4,9H2,1H3. The summed E-state index contributed by atoms with van der Waals surface area (Å²) >= 11 is 0. The van der Waals surface area contributed by atoms with Crippen LogP contribution >= 0.6 is 0 Å². The molecule has 0 aliphatic carbocycles. The summed E-state index contributed by atoms with van der Waals surface area (Å²) < 4.78 is 0. The second kappa shape index (κ2) is 4.97. The maximum Gasteiger partial charge on any atom is 0.137 e. The number of aromatic nitrogens is 1. The highest BCUT2D eigenvalue weighted by Crippen LogP contribution is 2.23. The zero-order valence-corrected chi connectivity index (χ0v) is 9.61. The third-order valence-electron chi connectivity index (χ3n) is 2.80. The fourth-order valence-corrected chi connectivity index (χ4v) is 1.87. The maximum atomic E-state index is 9.85. The van der Waals surface area contributed by atoms with Crippen LogP contribution in [0, 0.1) is 0 Å². The summed E-state index contributed by atoms with van der Waals surface area (Å²) in [6.07, 6.45) is 4.34. The Bertz CT molecular complexity index is 479. The Labute approximate surface area is 96.0 Å². The van der Waals surface area contributed by atoms with Crippen LogP contribution in [-0.2, 0) is 6.42 Å². The molecule has 1 N–H and O–H groups in total. The Hall–Kier alpha value is -1.57. The summed E-state index contributed by atoms with van der Waals surface area (Å²) in [6.45, 7) is 2.17. The number of aryl methyl sites for hydroxylation is 1. The van der Waals surface area contributed by atoms with Crippen molar-refractivity contribution in [3.63, 3.8) is 0 Å². The van der Waals surface area contributed by atoms with Crippen molar-refractivity contribution in [3.8, 4) is 5.75 Å². The summed E-state index contributed by atoms with van der Waals surface area (Å²) in [5, 5.41) is 10.8. The lowest BCUT2D eigenvalue weighted by Crippen LogP contribution is -1.92. The van der Waals surface area contributed by atoms with Gasteiger partial charge in [-0.15, -0.1) is 0 Å². The van der Waals surface area contributed by atoms with Crippen molar-refractivity contribution in [1.29, 1.82) is 0 Å². The largest absolute Gasteiger partial charge is 0.506 e. The van der Waals surface area contributed by atoms with Crippen molar-refractivity contribution in [3.05, 3.63) is 36.0 Å². The molecule has 2 rings (SSSR count). The third-order valence-corrected chi connectivity index (χ3v) is 2.80. The predicted octanol–water partition coefficient (Wildman–Crippen LogP) is 3.67. The van der Waals surface area contributed by atoms with Gasteiger partial charge in [-0.1, -0.05) is 38.0 Å². The molecule has 2 aromatic rings. The topological polar surface area (TPSA) is 33.1 Å². The van der Waals surface area contributed by atoms with Gasteiger partial charge in [0.05, 0.1) is 11.2 Å². The van der Waals surface area contributed by atoms with E-state index < -0.39 is 0 Å². The van der Waals surface area contributed by atoms with Crippen LogP contribution in [-0.4, -0.2) is 10.1 Å². The molecule has 0 saturated carbocycles. The quantitative estimate of drug-likeness (QED) is 0.789. The Balaban J connectivity index is 2.27. The molecule has 16 heavy (non-hydrogen) atoms. The van der Waals surface area contributed by atoms with Gasteiger partial charge in [-0.25, -0.2) is 4.98 Å². The van der Waals surface area contributed by atoms with Gasteiger partial charge in [-0.3, -0.25) is 0 Å². The van der Waals surface area contributed by atoms with Gasteiger partial charge in [0.15, 0.2) is 0 Å². The van der Waals surface area contributed by atoms with Crippen molar-refractivity contribution in [2.45, 2.75) is 32.6 Å². The Morgan fingerprint density at radius 3 is 2.81 bits per heavy atom. The van der Waals surface area contributed by atoms with Crippen LogP contribution in [0.15, 0.2) is 30.3 Å². The Morgan fingerprint density at radius 2 is 2.00 bits per heavy atom. The van der Waals surface area contributed by atoms with Crippen LogP contribution in [0.3, 0.4) is 0 Å². The number of para-hydroxylation sites is 1. The minimum absolute atomic E-state index is 0.329. The summed E-state index contributed by atoms with van der Waals surface area (Å²) in [7, 11) is 0. The van der Waals surface area contributed by atoms with Crippen molar-refractivity contribution in [1.82, 2.24) is 4.98 Å². The van der Waals surface area contributed by atoms with Crippen molar-refractivity contribution >= 4 is 10.9 Å². The molecule has 0 saturated heterocycles. The fraction of sp³-hybridized carbons (Fsp3) is 0.357. The molecule has 1 aromatic heterocycles. The average Bonchev–Trinajstić information content (AvgIpc) is 2.30. The second-order valence-electron chi connectivity index (χ2n) is 4.10. The van der Waals surface area contributed by atoms with E-state index in [9.17, 15) is 5.11 Å². The lowest BCUT2D eigenvalue weighted by molar-refractivity contribution is 0.463. The number of hydrogen-bond acceptors (Lipinski definition) is 2. The smallest absolute Gasteiger partial charge is 0.137 e. The van der Waals surface area contributed by atoms with Crippen molar-refractivity contribution in [2.24, 2.45) is 0 Å². The molecule has 0 bridgehead atoms. The number of fused-ring (bicyclic) bond motifs is 1. The number of pyridine rings is 1. The first-order chi connectivity index (χ1) is 7.81. The number of rotatable bonds is 4. The normalized spacial score (nSPS) is 10.8. The van der Waals surface area contributed by atoms with Crippen molar-refractivity contribution < 1.29 is 5.11 Å². The Morgan fingerprint density at radius 1 is 1.19 bits per heavy atom. The number of unbranched alkanes of at least 4 members (excludes halogenated alkanes) is 2. The monoisotopic (exact) mass is 215 g/mol. The average molecular weight is 215 g/mol. The highest BCUT2D eigenvalue weighted by molar-refractivity contribution is 5.80. The molecule has 0 unspecified atom stereocenters. The van der Waals surface area contributed by atoms with E-state index in [1.54, 1.807) is 0 Å². The molecule has 2 nitrogen and oxygen atoms in total. The van der Waals surface area contributed by atoms with E-state index in [0.717, 1.165) is 29.4 Å². The SMILES string of the molecule is CCCCCc1nc2ccccc2cc1O. The number of aromatic hydroxyl groups is 1. The molecular weight excluding hydrogens is 198 g/mol. The van der Waals surface area contributed by atoms with Crippen LogP contribution in [0.25, 0.3) is 10.9 Å². The number of benzene rings is 1. The molecule has 0 fully saturated rings. The van der Waals surface area contributed by atoms with Crippen LogP contribution in [0.4, 0.5) is 0 Å². The Kier molecular flexibility index (Phi) is 3.40. The van der Waals surface area contributed by atoms with E-state index in [0.29, 0.717) is 5.75 Å². The summed E-state index contributed by atoms with van der Waals surface area (Å²) in [5.74, 6) is 0.329. The van der Waals surface area contributed by atoms with Gasteiger partial charge < -0.3 is 5.11 Å². The van der Waals surface area contributed by atoms with Gasteiger partial charge in [0.1, 0.15) is 5.75 Å². The van der Waals surface area contributed by atoms with Gasteiger partial charge >= 0.3 is 0 Å². The zero-order chi connectivity index (χ0) is 11.4. The maximum absolute atomic E-state index is 9.85. The molecule has 1 aromatic carbocycles. The van der Waals surface area contributed by atoms with Gasteiger partial charge in [0.2, 0.25) is 0 Å². The minimum atomic E-state index is 0.329. The third kappa shape index (κ3) is 2.32. The first kappa shape index (κ1) is 10.9. The van der Waals surface area contributed by atoms with Gasteiger partial charge in [-0.05, 0) is 25.0 Å². The molecule has 0 spiro atoms. The van der Waals surface area contributed by atoms with Crippen LogP contribution in [0.2, 0.25) is 0 Å². The first-order valence-electron chi connectivity index (χ1n) is 5.89. The molecule has 0 radical (unpaired) electrons. The van der Waals surface area contributed by atoms with E-state index >= 15 is 0 Å². The van der Waals surface area contributed by atoms with Gasteiger partial charge in [-0.2, -0.15) is 0 Å². The molecule has 0 aliphatic rings.